The zero-order valence-electron chi connectivity index (χ0n) is 18.9. The summed E-state index contributed by atoms with van der Waals surface area (Å²) in [6.07, 6.45) is 9.73. The van der Waals surface area contributed by atoms with Gasteiger partial charge in [-0.15, -0.1) is 0 Å². The van der Waals surface area contributed by atoms with Gasteiger partial charge in [-0.2, -0.15) is 0 Å². The zero-order chi connectivity index (χ0) is 21.2. The highest BCUT2D eigenvalue weighted by molar-refractivity contribution is 7.85. The maximum absolute atomic E-state index is 12.2. The lowest BCUT2D eigenvalue weighted by atomic mass is 9.95. The third kappa shape index (κ3) is 7.09. The van der Waals surface area contributed by atoms with Crippen molar-refractivity contribution in [1.29, 1.82) is 0 Å². The van der Waals surface area contributed by atoms with Crippen molar-refractivity contribution in [2.75, 3.05) is 25.9 Å². The second kappa shape index (κ2) is 12.5. The second-order valence-corrected chi connectivity index (χ2v) is 10.7. The number of nitrogens with one attached hydrogen (secondary N) is 2. The Morgan fingerprint density at radius 1 is 1.10 bits per heavy atom. The summed E-state index contributed by atoms with van der Waals surface area (Å²) in [5.74, 6) is 1.62. The van der Waals surface area contributed by atoms with Gasteiger partial charge in [-0.1, -0.05) is 50.5 Å². The lowest BCUT2D eigenvalue weighted by Crippen LogP contribution is -2.46. The van der Waals surface area contributed by atoms with Gasteiger partial charge in [0.1, 0.15) is 0 Å². The van der Waals surface area contributed by atoms with Gasteiger partial charge in [0, 0.05) is 48.0 Å². The SMILES string of the molecule is CCS(=O)C1CCCC(NC(=NC)NCc2ccccc2CN2CCCCCC2)C1. The Bertz CT molecular complexity index is 700. The Balaban J connectivity index is 1.54. The van der Waals surface area contributed by atoms with Crippen molar-refractivity contribution in [2.24, 2.45) is 4.99 Å². The number of rotatable bonds is 7. The maximum atomic E-state index is 12.2. The molecular formula is C24H40N4OS. The smallest absolute Gasteiger partial charge is 0.191 e. The van der Waals surface area contributed by atoms with Crippen LogP contribution in [-0.2, 0) is 23.9 Å². The fraction of sp³-hybridized carbons (Fsp3) is 0.708. The fourth-order valence-corrected chi connectivity index (χ4v) is 6.08. The second-order valence-electron chi connectivity index (χ2n) is 8.68. The van der Waals surface area contributed by atoms with Crippen LogP contribution in [0, 0.1) is 0 Å². The molecule has 1 heterocycles. The quantitative estimate of drug-likeness (QED) is 0.508. The van der Waals surface area contributed by atoms with E-state index in [2.05, 4.69) is 44.8 Å². The van der Waals surface area contributed by atoms with Crippen molar-refractivity contribution in [2.45, 2.75) is 82.7 Å². The highest BCUT2D eigenvalue weighted by atomic mass is 32.2. The summed E-state index contributed by atoms with van der Waals surface area (Å²) in [5.41, 5.74) is 2.76. The first-order valence-electron chi connectivity index (χ1n) is 11.8. The Hall–Kier alpha value is -1.40. The zero-order valence-corrected chi connectivity index (χ0v) is 19.7. The fourth-order valence-electron chi connectivity index (χ4n) is 4.74. The molecule has 3 atom stereocenters. The monoisotopic (exact) mass is 432 g/mol. The molecule has 0 spiro atoms. The molecule has 168 valence electrons. The van der Waals surface area contributed by atoms with Gasteiger partial charge in [0.05, 0.1) is 0 Å². The summed E-state index contributed by atoms with van der Waals surface area (Å²) in [5, 5.41) is 7.44. The van der Waals surface area contributed by atoms with Crippen molar-refractivity contribution in [3.05, 3.63) is 35.4 Å². The molecule has 0 bridgehead atoms. The summed E-state index contributed by atoms with van der Waals surface area (Å²) < 4.78 is 12.2. The van der Waals surface area contributed by atoms with E-state index >= 15 is 0 Å². The molecule has 0 amide bonds. The number of guanidine groups is 1. The molecule has 6 heteroatoms. The molecule has 1 aliphatic heterocycles. The molecule has 5 nitrogen and oxygen atoms in total. The molecule has 0 radical (unpaired) electrons. The largest absolute Gasteiger partial charge is 0.354 e. The highest BCUT2D eigenvalue weighted by Gasteiger charge is 2.26. The molecule has 1 saturated heterocycles. The topological polar surface area (TPSA) is 56.7 Å². The molecule has 30 heavy (non-hydrogen) atoms. The molecule has 1 aliphatic carbocycles. The van der Waals surface area contributed by atoms with Gasteiger partial charge in [0.2, 0.25) is 0 Å². The predicted octanol–water partition coefficient (Wildman–Crippen LogP) is 3.81. The summed E-state index contributed by atoms with van der Waals surface area (Å²) in [7, 11) is 1.14. The number of likely N-dealkylation sites (tertiary alicyclic amines) is 1. The number of aliphatic imine (C=N–C) groups is 1. The minimum atomic E-state index is -0.698. The first-order valence-corrected chi connectivity index (χ1v) is 13.2. The third-order valence-electron chi connectivity index (χ3n) is 6.50. The Morgan fingerprint density at radius 3 is 2.53 bits per heavy atom. The van der Waals surface area contributed by atoms with E-state index in [1.165, 1.54) is 49.9 Å². The van der Waals surface area contributed by atoms with E-state index in [-0.39, 0.29) is 0 Å². The van der Waals surface area contributed by atoms with Crippen LogP contribution in [0.25, 0.3) is 0 Å². The molecule has 0 aromatic heterocycles. The van der Waals surface area contributed by atoms with E-state index in [9.17, 15) is 4.21 Å². The van der Waals surface area contributed by atoms with Crippen LogP contribution in [0.1, 0.15) is 69.4 Å². The molecule has 1 aromatic carbocycles. The van der Waals surface area contributed by atoms with Crippen LogP contribution < -0.4 is 10.6 Å². The van der Waals surface area contributed by atoms with Gasteiger partial charge in [-0.25, -0.2) is 0 Å². The molecule has 1 saturated carbocycles. The van der Waals surface area contributed by atoms with Crippen LogP contribution >= 0.6 is 0 Å². The number of nitrogens with zero attached hydrogens (tertiary/aromatic N) is 2. The van der Waals surface area contributed by atoms with Gasteiger partial charge in [0.25, 0.3) is 0 Å². The third-order valence-corrected chi connectivity index (χ3v) is 8.24. The number of benzene rings is 1. The summed E-state index contributed by atoms with van der Waals surface area (Å²) in [6.45, 7) is 6.27. The van der Waals surface area contributed by atoms with Crippen LogP contribution in [0.4, 0.5) is 0 Å². The average molecular weight is 433 g/mol. The van der Waals surface area contributed by atoms with E-state index in [4.69, 9.17) is 0 Å². The van der Waals surface area contributed by atoms with Gasteiger partial charge >= 0.3 is 0 Å². The van der Waals surface area contributed by atoms with Crippen molar-refractivity contribution >= 4 is 16.8 Å². The van der Waals surface area contributed by atoms with Crippen molar-refractivity contribution in [1.82, 2.24) is 15.5 Å². The van der Waals surface area contributed by atoms with E-state index in [0.717, 1.165) is 50.5 Å². The average Bonchev–Trinajstić information content (AvgIpc) is 3.06. The molecule has 2 N–H and O–H groups in total. The minimum absolute atomic E-state index is 0.328. The first kappa shape index (κ1) is 23.3. The summed E-state index contributed by atoms with van der Waals surface area (Å²) in [6, 6.07) is 9.14. The van der Waals surface area contributed by atoms with Gasteiger partial charge in [-0.05, 0) is 56.3 Å². The van der Waals surface area contributed by atoms with Crippen molar-refractivity contribution < 1.29 is 4.21 Å². The summed E-state index contributed by atoms with van der Waals surface area (Å²) >= 11 is 0. The predicted molar refractivity (Wildman–Crippen MR) is 128 cm³/mol. The first-order chi connectivity index (χ1) is 14.7. The minimum Gasteiger partial charge on any atom is -0.354 e. The Labute approximate surface area is 185 Å². The Kier molecular flexibility index (Phi) is 9.66. The van der Waals surface area contributed by atoms with E-state index in [1.54, 1.807) is 0 Å². The molecule has 2 fully saturated rings. The summed E-state index contributed by atoms with van der Waals surface area (Å²) in [4.78, 5) is 7.06. The van der Waals surface area contributed by atoms with Crippen LogP contribution in [0.15, 0.2) is 29.3 Å². The molecule has 1 aromatic rings. The lowest BCUT2D eigenvalue weighted by molar-refractivity contribution is 0.276. The molecular weight excluding hydrogens is 392 g/mol. The lowest BCUT2D eigenvalue weighted by Gasteiger charge is -2.30. The van der Waals surface area contributed by atoms with Gasteiger partial charge < -0.3 is 10.6 Å². The van der Waals surface area contributed by atoms with E-state index in [1.807, 2.05) is 14.0 Å². The number of hydrogen-bond donors (Lipinski definition) is 2. The van der Waals surface area contributed by atoms with Crippen LogP contribution in [0.2, 0.25) is 0 Å². The van der Waals surface area contributed by atoms with Gasteiger partial charge in [-0.3, -0.25) is 14.1 Å². The number of hydrogen-bond acceptors (Lipinski definition) is 3. The maximum Gasteiger partial charge on any atom is 0.191 e. The van der Waals surface area contributed by atoms with E-state index < -0.39 is 10.8 Å². The normalized spacial score (nSPS) is 24.8. The molecule has 2 aliphatic rings. The standard InChI is InChI=1S/C24H40N4OS/c1-3-30(29)23-14-10-13-22(17-23)27-24(25-2)26-18-20-11-6-7-12-21(20)19-28-15-8-4-5-9-16-28/h6-7,11-12,22-23H,3-5,8-10,13-19H2,1-2H3,(H2,25,26,27). The van der Waals surface area contributed by atoms with E-state index in [0.29, 0.717) is 11.3 Å². The van der Waals surface area contributed by atoms with Crippen LogP contribution in [0.3, 0.4) is 0 Å². The van der Waals surface area contributed by atoms with Gasteiger partial charge in [0.15, 0.2) is 5.96 Å². The molecule has 3 rings (SSSR count). The molecule has 3 unspecified atom stereocenters. The Morgan fingerprint density at radius 2 is 1.83 bits per heavy atom. The van der Waals surface area contributed by atoms with Crippen LogP contribution in [-0.4, -0.2) is 52.3 Å². The van der Waals surface area contributed by atoms with Crippen molar-refractivity contribution in [3.63, 3.8) is 0 Å². The highest BCUT2D eigenvalue weighted by Crippen LogP contribution is 2.23. The van der Waals surface area contributed by atoms with Crippen LogP contribution in [0.5, 0.6) is 0 Å². The van der Waals surface area contributed by atoms with Crippen molar-refractivity contribution in [3.8, 4) is 0 Å².